The third kappa shape index (κ3) is 5.57. The number of fused-ring (bicyclic) bond motifs is 1. The van der Waals surface area contributed by atoms with Crippen LogP contribution in [0.1, 0.15) is 18.9 Å². The number of nitrogens with one attached hydrogen (secondary N) is 2. The minimum Gasteiger partial charge on any atom is -0.488 e. The summed E-state index contributed by atoms with van der Waals surface area (Å²) in [4.78, 5) is 17.0. The van der Waals surface area contributed by atoms with E-state index in [2.05, 4.69) is 15.6 Å². The summed E-state index contributed by atoms with van der Waals surface area (Å²) in [5, 5.41) is 23.4. The van der Waals surface area contributed by atoms with Crippen molar-refractivity contribution in [1.29, 1.82) is 5.26 Å². The van der Waals surface area contributed by atoms with Crippen LogP contribution in [0, 0.1) is 11.5 Å². The van der Waals surface area contributed by atoms with Crippen molar-refractivity contribution < 1.29 is 14.6 Å². The average Bonchev–Trinajstić information content (AvgIpc) is 2.61. The summed E-state index contributed by atoms with van der Waals surface area (Å²) in [7, 11) is 0. The van der Waals surface area contributed by atoms with Crippen molar-refractivity contribution >= 4 is 12.1 Å². The van der Waals surface area contributed by atoms with Crippen molar-refractivity contribution in [3.63, 3.8) is 0 Å². The Morgan fingerprint density at radius 1 is 1.52 bits per heavy atom. The van der Waals surface area contributed by atoms with E-state index in [0.29, 0.717) is 19.0 Å². The second-order valence-corrected chi connectivity index (χ2v) is 5.61. The van der Waals surface area contributed by atoms with Crippen LogP contribution < -0.4 is 15.4 Å². The molecule has 8 heteroatoms. The van der Waals surface area contributed by atoms with Crippen molar-refractivity contribution in [1.82, 2.24) is 15.5 Å². The SMILES string of the molecule is CCNC(=NCCN(CC1CCc2ccccc2O1)C(=O)O)NC#N. The monoisotopic (exact) mass is 345 g/mol. The third-order valence-corrected chi connectivity index (χ3v) is 3.85. The summed E-state index contributed by atoms with van der Waals surface area (Å²) >= 11 is 0. The fourth-order valence-corrected chi connectivity index (χ4v) is 2.66. The molecule has 0 bridgehead atoms. The molecule has 1 unspecified atom stereocenters. The standard InChI is InChI=1S/C17H23N5O3/c1-2-19-16(21-12-18)20-9-10-22(17(23)24)11-14-8-7-13-5-3-4-6-15(13)25-14/h3-6,14H,2,7-11H2,1H3,(H,23,24)(H2,19,20,21). The zero-order valence-electron chi connectivity index (χ0n) is 14.2. The average molecular weight is 345 g/mol. The highest BCUT2D eigenvalue weighted by molar-refractivity contribution is 5.81. The maximum absolute atomic E-state index is 11.5. The number of carbonyl (C=O) groups is 1. The number of rotatable bonds is 6. The van der Waals surface area contributed by atoms with Gasteiger partial charge in [-0.3, -0.25) is 10.3 Å². The second kappa shape index (κ2) is 9.37. The fourth-order valence-electron chi connectivity index (χ4n) is 2.66. The molecule has 0 radical (unpaired) electrons. The molecule has 1 aromatic rings. The van der Waals surface area contributed by atoms with E-state index in [1.54, 1.807) is 6.19 Å². The molecule has 0 spiro atoms. The van der Waals surface area contributed by atoms with E-state index in [4.69, 9.17) is 10.00 Å². The number of ether oxygens (including phenoxy) is 1. The quantitative estimate of drug-likeness (QED) is 0.311. The number of hydrogen-bond donors (Lipinski definition) is 3. The number of nitrogens with zero attached hydrogens (tertiary/aromatic N) is 3. The predicted molar refractivity (Wildman–Crippen MR) is 93.5 cm³/mol. The molecule has 134 valence electrons. The van der Waals surface area contributed by atoms with Crippen molar-refractivity contribution in [2.24, 2.45) is 4.99 Å². The zero-order valence-corrected chi connectivity index (χ0v) is 14.2. The molecular weight excluding hydrogens is 322 g/mol. The van der Waals surface area contributed by atoms with Crippen molar-refractivity contribution in [3.8, 4) is 11.9 Å². The van der Waals surface area contributed by atoms with E-state index >= 15 is 0 Å². The summed E-state index contributed by atoms with van der Waals surface area (Å²) < 4.78 is 5.91. The first kappa shape index (κ1) is 18.4. The van der Waals surface area contributed by atoms with E-state index in [9.17, 15) is 9.90 Å². The molecule has 8 nitrogen and oxygen atoms in total. The number of carboxylic acid groups (broad SMARTS) is 1. The van der Waals surface area contributed by atoms with Crippen LogP contribution in [0.2, 0.25) is 0 Å². The number of para-hydroxylation sites is 1. The Morgan fingerprint density at radius 3 is 3.04 bits per heavy atom. The molecule has 1 amide bonds. The van der Waals surface area contributed by atoms with E-state index in [0.717, 1.165) is 24.2 Å². The Balaban J connectivity index is 1.90. The van der Waals surface area contributed by atoms with Crippen LogP contribution in [0.15, 0.2) is 29.3 Å². The van der Waals surface area contributed by atoms with E-state index in [1.165, 1.54) is 4.90 Å². The van der Waals surface area contributed by atoms with Crippen molar-refractivity contribution in [2.75, 3.05) is 26.2 Å². The highest BCUT2D eigenvalue weighted by atomic mass is 16.5. The van der Waals surface area contributed by atoms with Gasteiger partial charge in [-0.1, -0.05) is 18.2 Å². The molecule has 0 aromatic heterocycles. The molecule has 25 heavy (non-hydrogen) atoms. The molecular formula is C17H23N5O3. The van der Waals surface area contributed by atoms with Gasteiger partial charge in [0.05, 0.1) is 13.1 Å². The van der Waals surface area contributed by atoms with Crippen molar-refractivity contribution in [2.45, 2.75) is 25.9 Å². The number of hydrogen-bond acceptors (Lipinski definition) is 4. The minimum absolute atomic E-state index is 0.166. The lowest BCUT2D eigenvalue weighted by Crippen LogP contribution is -2.42. The lowest BCUT2D eigenvalue weighted by atomic mass is 10.0. The molecule has 1 aromatic carbocycles. The molecule has 1 aliphatic heterocycles. The third-order valence-electron chi connectivity index (χ3n) is 3.85. The summed E-state index contributed by atoms with van der Waals surface area (Å²) in [5.41, 5.74) is 1.16. The van der Waals surface area contributed by atoms with Gasteiger partial charge in [0, 0.05) is 13.1 Å². The summed E-state index contributed by atoms with van der Waals surface area (Å²) in [6.07, 6.45) is 2.28. The van der Waals surface area contributed by atoms with E-state index in [1.807, 2.05) is 31.2 Å². The lowest BCUT2D eigenvalue weighted by Gasteiger charge is -2.29. The van der Waals surface area contributed by atoms with Gasteiger partial charge in [0.25, 0.3) is 0 Å². The Hall–Kier alpha value is -2.95. The molecule has 0 fully saturated rings. The van der Waals surface area contributed by atoms with Gasteiger partial charge in [-0.25, -0.2) is 4.79 Å². The highest BCUT2D eigenvalue weighted by Crippen LogP contribution is 2.27. The molecule has 1 heterocycles. The van der Waals surface area contributed by atoms with Gasteiger partial charge in [-0.05, 0) is 31.4 Å². The van der Waals surface area contributed by atoms with Gasteiger partial charge < -0.3 is 20.1 Å². The normalized spacial score (nSPS) is 16.2. The zero-order chi connectivity index (χ0) is 18.1. The largest absolute Gasteiger partial charge is 0.488 e. The van der Waals surface area contributed by atoms with Gasteiger partial charge in [-0.2, -0.15) is 5.26 Å². The van der Waals surface area contributed by atoms with Crippen LogP contribution >= 0.6 is 0 Å². The number of amides is 1. The number of aliphatic imine (C=N–C) groups is 1. The number of guanidine groups is 1. The molecule has 1 aliphatic rings. The van der Waals surface area contributed by atoms with Crippen LogP contribution in [-0.2, 0) is 6.42 Å². The Kier molecular flexibility index (Phi) is 6.89. The van der Waals surface area contributed by atoms with Gasteiger partial charge in [0.2, 0.25) is 5.96 Å². The maximum Gasteiger partial charge on any atom is 0.407 e. The number of nitriles is 1. The van der Waals surface area contributed by atoms with Crippen LogP contribution in [0.5, 0.6) is 5.75 Å². The van der Waals surface area contributed by atoms with Gasteiger partial charge in [0.1, 0.15) is 11.9 Å². The Bertz CT molecular complexity index is 656. The van der Waals surface area contributed by atoms with E-state index in [-0.39, 0.29) is 19.2 Å². The van der Waals surface area contributed by atoms with Gasteiger partial charge in [-0.15, -0.1) is 0 Å². The topological polar surface area (TPSA) is 110 Å². The van der Waals surface area contributed by atoms with Crippen LogP contribution in [0.3, 0.4) is 0 Å². The second-order valence-electron chi connectivity index (χ2n) is 5.61. The fraction of sp³-hybridized carbons (Fsp3) is 0.471. The Morgan fingerprint density at radius 2 is 2.32 bits per heavy atom. The first-order valence-corrected chi connectivity index (χ1v) is 8.30. The van der Waals surface area contributed by atoms with E-state index < -0.39 is 6.09 Å². The molecule has 1 atom stereocenters. The predicted octanol–water partition coefficient (Wildman–Crippen LogP) is 1.40. The maximum atomic E-state index is 11.5. The van der Waals surface area contributed by atoms with Crippen molar-refractivity contribution in [3.05, 3.63) is 29.8 Å². The number of aryl methyl sites for hydroxylation is 1. The summed E-state index contributed by atoms with van der Waals surface area (Å²) in [6, 6.07) is 7.82. The van der Waals surface area contributed by atoms with Gasteiger partial charge >= 0.3 is 6.09 Å². The summed E-state index contributed by atoms with van der Waals surface area (Å²) in [5.74, 6) is 1.17. The molecule has 3 N–H and O–H groups in total. The Labute approximate surface area is 147 Å². The highest BCUT2D eigenvalue weighted by Gasteiger charge is 2.23. The van der Waals surface area contributed by atoms with Crippen LogP contribution in [-0.4, -0.2) is 54.3 Å². The minimum atomic E-state index is -1.00. The smallest absolute Gasteiger partial charge is 0.407 e. The van der Waals surface area contributed by atoms with Gasteiger partial charge in [0.15, 0.2) is 6.19 Å². The number of benzene rings is 1. The molecule has 2 rings (SSSR count). The first-order valence-electron chi connectivity index (χ1n) is 8.30. The molecule has 0 saturated carbocycles. The first-order chi connectivity index (χ1) is 12.1. The van der Waals surface area contributed by atoms with Crippen LogP contribution in [0.4, 0.5) is 4.79 Å². The molecule has 0 aliphatic carbocycles. The van der Waals surface area contributed by atoms with Crippen LogP contribution in [0.25, 0.3) is 0 Å². The molecule has 0 saturated heterocycles. The lowest BCUT2D eigenvalue weighted by molar-refractivity contribution is 0.0995. The summed E-state index contributed by atoms with van der Waals surface area (Å²) in [6.45, 7) is 3.29.